The number of hydrogen-bond donors (Lipinski definition) is 0. The molecule has 4 aliphatic heterocycles. The highest BCUT2D eigenvalue weighted by atomic mass is 16.6. The number of fused-ring (bicyclic) bond motifs is 4. The van der Waals surface area contributed by atoms with Gasteiger partial charge in [0.2, 0.25) is 0 Å². The summed E-state index contributed by atoms with van der Waals surface area (Å²) in [6.45, 7) is 12.8. The monoisotopic (exact) mass is 635 g/mol. The van der Waals surface area contributed by atoms with Crippen LogP contribution in [0.1, 0.15) is 131 Å². The van der Waals surface area contributed by atoms with Gasteiger partial charge in [-0.05, 0) is 84.7 Å². The van der Waals surface area contributed by atoms with Crippen LogP contribution in [0.15, 0.2) is 0 Å². The second kappa shape index (κ2) is 17.3. The van der Waals surface area contributed by atoms with E-state index in [9.17, 15) is 9.59 Å². The Morgan fingerprint density at radius 3 is 2.04 bits per heavy atom. The predicted molar refractivity (Wildman–Crippen MR) is 176 cm³/mol. The maximum Gasteiger partial charge on any atom is 0.311 e. The third-order valence-electron chi connectivity index (χ3n) is 11.5. The Balaban J connectivity index is 1.56. The molecule has 4 aliphatic rings. The van der Waals surface area contributed by atoms with E-state index >= 15 is 0 Å². The first-order valence-electron chi connectivity index (χ1n) is 18.6. The molecule has 8 nitrogen and oxygen atoms in total. The van der Waals surface area contributed by atoms with Gasteiger partial charge < -0.3 is 28.6 Å². The lowest BCUT2D eigenvalue weighted by Gasteiger charge is -2.37. The Labute approximate surface area is 274 Å². The van der Waals surface area contributed by atoms with Gasteiger partial charge in [-0.1, -0.05) is 54.4 Å². The van der Waals surface area contributed by atoms with E-state index in [1.54, 1.807) is 0 Å². The summed E-state index contributed by atoms with van der Waals surface area (Å²) in [5.74, 6) is -0.900. The Kier molecular flexibility index (Phi) is 14.0. The Morgan fingerprint density at radius 2 is 1.40 bits per heavy atom. The third-order valence-corrected chi connectivity index (χ3v) is 11.5. The van der Waals surface area contributed by atoms with Crippen LogP contribution in [0.3, 0.4) is 0 Å². The maximum atomic E-state index is 14.0. The average Bonchev–Trinajstić information content (AvgIpc) is 3.78. The molecule has 4 saturated heterocycles. The molecule has 4 rings (SSSR count). The van der Waals surface area contributed by atoms with Crippen molar-refractivity contribution in [2.24, 2.45) is 23.7 Å². The summed E-state index contributed by atoms with van der Waals surface area (Å²) in [5.41, 5.74) is 0. The van der Waals surface area contributed by atoms with E-state index in [4.69, 9.17) is 23.7 Å². The lowest BCUT2D eigenvalue weighted by Crippen LogP contribution is -2.45. The molecule has 13 unspecified atom stereocenters. The number of cyclic esters (lactones) is 2. The highest BCUT2D eigenvalue weighted by molar-refractivity contribution is 5.74. The number of nitrogens with zero attached hydrogens (tertiary/aromatic N) is 1. The molecule has 0 amide bonds. The molecule has 8 heteroatoms. The summed E-state index contributed by atoms with van der Waals surface area (Å²) in [4.78, 5) is 29.9. The van der Waals surface area contributed by atoms with Gasteiger partial charge in [-0.15, -0.1) is 0 Å². The highest BCUT2D eigenvalue weighted by Gasteiger charge is 2.46. The van der Waals surface area contributed by atoms with E-state index in [-0.39, 0.29) is 84.4 Å². The van der Waals surface area contributed by atoms with Crippen molar-refractivity contribution in [2.45, 2.75) is 186 Å². The van der Waals surface area contributed by atoms with Crippen LogP contribution in [-0.2, 0) is 33.3 Å². The van der Waals surface area contributed by atoms with E-state index in [0.717, 1.165) is 64.2 Å². The van der Waals surface area contributed by atoms with Gasteiger partial charge in [-0.3, -0.25) is 9.59 Å². The van der Waals surface area contributed by atoms with Gasteiger partial charge >= 0.3 is 11.9 Å². The summed E-state index contributed by atoms with van der Waals surface area (Å²) in [6.07, 6.45) is 11.8. The van der Waals surface area contributed by atoms with Crippen molar-refractivity contribution in [2.75, 3.05) is 14.1 Å². The summed E-state index contributed by atoms with van der Waals surface area (Å²) < 4.78 is 32.7. The fraction of sp³-hybridized carbons (Fsp3) is 0.946. The quantitative estimate of drug-likeness (QED) is 0.222. The normalized spacial score (nSPS) is 39.5. The molecular formula is C37H65NO7. The molecule has 4 fully saturated rings. The molecule has 45 heavy (non-hydrogen) atoms. The minimum atomic E-state index is -0.342. The largest absolute Gasteiger partial charge is 0.462 e. The van der Waals surface area contributed by atoms with Gasteiger partial charge in [0.15, 0.2) is 0 Å². The van der Waals surface area contributed by atoms with Crippen molar-refractivity contribution in [1.29, 1.82) is 0 Å². The summed E-state index contributed by atoms with van der Waals surface area (Å²) >= 11 is 0. The van der Waals surface area contributed by atoms with Crippen molar-refractivity contribution < 1.29 is 33.3 Å². The SMILES string of the molecule is CCCC1CC2CCC(O2)C(CC)C(=O)OC(C(C)C2CCC(CC(CCC)N(C)C)O2)C(C)C2CCC(O2)C(CC)C(=O)O1. The lowest BCUT2D eigenvalue weighted by atomic mass is 9.84. The van der Waals surface area contributed by atoms with Crippen LogP contribution in [0, 0.1) is 23.7 Å². The first kappa shape index (κ1) is 36.6. The lowest BCUT2D eigenvalue weighted by molar-refractivity contribution is -0.176. The third kappa shape index (κ3) is 9.23. The average molecular weight is 636 g/mol. The zero-order valence-corrected chi connectivity index (χ0v) is 29.7. The summed E-state index contributed by atoms with van der Waals surface area (Å²) in [6, 6.07) is 0.508. The number of ether oxygens (including phenoxy) is 5. The minimum absolute atomic E-state index is 0.0162. The zero-order chi connectivity index (χ0) is 32.7. The van der Waals surface area contributed by atoms with Crippen molar-refractivity contribution in [3.05, 3.63) is 0 Å². The van der Waals surface area contributed by atoms with Gasteiger partial charge in [0.05, 0.1) is 48.5 Å². The molecule has 13 atom stereocenters. The fourth-order valence-electron chi connectivity index (χ4n) is 8.68. The first-order valence-corrected chi connectivity index (χ1v) is 18.6. The molecule has 0 radical (unpaired) electrons. The number of carbonyl (C=O) groups is 2. The van der Waals surface area contributed by atoms with Crippen molar-refractivity contribution in [3.8, 4) is 0 Å². The summed E-state index contributed by atoms with van der Waals surface area (Å²) in [5, 5.41) is 0. The van der Waals surface area contributed by atoms with E-state index in [1.807, 2.05) is 0 Å². The molecule has 0 aromatic carbocycles. The van der Waals surface area contributed by atoms with Crippen molar-refractivity contribution in [3.63, 3.8) is 0 Å². The first-order chi connectivity index (χ1) is 21.6. The van der Waals surface area contributed by atoms with E-state index < -0.39 is 0 Å². The highest BCUT2D eigenvalue weighted by Crippen LogP contribution is 2.40. The predicted octanol–water partition coefficient (Wildman–Crippen LogP) is 7.10. The van der Waals surface area contributed by atoms with Crippen LogP contribution in [0.25, 0.3) is 0 Å². The van der Waals surface area contributed by atoms with Crippen LogP contribution in [0.2, 0.25) is 0 Å². The van der Waals surface area contributed by atoms with Crippen LogP contribution < -0.4 is 0 Å². The Morgan fingerprint density at radius 1 is 0.756 bits per heavy atom. The molecule has 0 saturated carbocycles. The van der Waals surface area contributed by atoms with Crippen LogP contribution in [0.4, 0.5) is 0 Å². The molecule has 0 aromatic heterocycles. The minimum Gasteiger partial charge on any atom is -0.462 e. The standard InChI is InChI=1S/C37H65NO7/c1-9-13-25(38(7)8)21-27-15-17-31(41-27)23(5)35-24(6)32-19-20-34(44-32)30(12-4)36(39)43-26(14-10-2)22-28-16-18-33(42-28)29(11-3)37(40)45-35/h23-35H,9-22H2,1-8H3. The molecule has 260 valence electrons. The van der Waals surface area contributed by atoms with Crippen molar-refractivity contribution in [1.82, 2.24) is 4.90 Å². The Bertz CT molecular complexity index is 928. The van der Waals surface area contributed by atoms with Gasteiger partial charge in [-0.2, -0.15) is 0 Å². The Hall–Kier alpha value is -1.22. The van der Waals surface area contributed by atoms with E-state index in [2.05, 4.69) is 60.5 Å². The van der Waals surface area contributed by atoms with E-state index in [0.29, 0.717) is 25.3 Å². The maximum absolute atomic E-state index is 14.0. The molecule has 4 heterocycles. The molecule has 0 aliphatic carbocycles. The van der Waals surface area contributed by atoms with Crippen molar-refractivity contribution >= 4 is 11.9 Å². The zero-order valence-electron chi connectivity index (χ0n) is 29.7. The molecule has 4 bridgehead atoms. The smallest absolute Gasteiger partial charge is 0.311 e. The number of hydrogen-bond acceptors (Lipinski definition) is 8. The second-order valence-corrected chi connectivity index (χ2v) is 14.9. The molecular weight excluding hydrogens is 570 g/mol. The van der Waals surface area contributed by atoms with Crippen LogP contribution in [0.5, 0.6) is 0 Å². The number of esters is 2. The van der Waals surface area contributed by atoms with Crippen LogP contribution in [-0.4, -0.2) is 85.8 Å². The summed E-state index contributed by atoms with van der Waals surface area (Å²) in [7, 11) is 4.33. The molecule has 0 spiro atoms. The topological polar surface area (TPSA) is 83.5 Å². The molecule has 0 aromatic rings. The second-order valence-electron chi connectivity index (χ2n) is 14.9. The van der Waals surface area contributed by atoms with Gasteiger partial charge in [0.1, 0.15) is 12.2 Å². The van der Waals surface area contributed by atoms with Crippen LogP contribution >= 0.6 is 0 Å². The fourth-order valence-corrected chi connectivity index (χ4v) is 8.68. The number of carbonyl (C=O) groups excluding carboxylic acids is 2. The van der Waals surface area contributed by atoms with E-state index in [1.165, 1.54) is 6.42 Å². The van der Waals surface area contributed by atoms with Gasteiger partial charge in [0.25, 0.3) is 0 Å². The van der Waals surface area contributed by atoms with Gasteiger partial charge in [-0.25, -0.2) is 0 Å². The van der Waals surface area contributed by atoms with Gasteiger partial charge in [0, 0.05) is 24.3 Å². The molecule has 0 N–H and O–H groups in total. The number of rotatable bonds is 11.